The molecular weight excluding hydrogens is 280 g/mol. The van der Waals surface area contributed by atoms with Crippen LogP contribution in [0.25, 0.3) is 0 Å². The standard InChI is InChI=1S/C16H18N4O2/c1-11(2)16-18-14(22-19-16)10-20-9-13(8-17-20)15(21)12-6-4-3-5-7-12/h3-9,11,15,21H,10H2,1-2H3. The van der Waals surface area contributed by atoms with Crippen LogP contribution in [-0.2, 0) is 6.54 Å². The molecule has 22 heavy (non-hydrogen) atoms. The summed E-state index contributed by atoms with van der Waals surface area (Å²) < 4.78 is 6.88. The molecule has 3 rings (SSSR count). The van der Waals surface area contributed by atoms with Gasteiger partial charge in [0.05, 0.1) is 6.20 Å². The molecule has 2 aromatic heterocycles. The minimum absolute atomic E-state index is 0.227. The first kappa shape index (κ1) is 14.5. The van der Waals surface area contributed by atoms with Gasteiger partial charge < -0.3 is 9.63 Å². The predicted octanol–water partition coefficient (Wildman–Crippen LogP) is 2.52. The largest absolute Gasteiger partial charge is 0.384 e. The lowest BCUT2D eigenvalue weighted by atomic mass is 10.1. The van der Waals surface area contributed by atoms with Gasteiger partial charge in [-0.2, -0.15) is 10.1 Å². The number of rotatable bonds is 5. The third kappa shape index (κ3) is 3.07. The molecule has 0 saturated carbocycles. The Labute approximate surface area is 128 Å². The van der Waals surface area contributed by atoms with E-state index < -0.39 is 6.10 Å². The Hall–Kier alpha value is -2.47. The first-order valence-electron chi connectivity index (χ1n) is 7.21. The van der Waals surface area contributed by atoms with Crippen molar-refractivity contribution in [2.45, 2.75) is 32.4 Å². The zero-order valence-corrected chi connectivity index (χ0v) is 12.5. The highest BCUT2D eigenvalue weighted by Crippen LogP contribution is 2.21. The molecule has 0 aliphatic rings. The topological polar surface area (TPSA) is 77.0 Å². The average molecular weight is 298 g/mol. The van der Waals surface area contributed by atoms with Gasteiger partial charge in [-0.15, -0.1) is 0 Å². The Morgan fingerprint density at radius 2 is 1.95 bits per heavy atom. The minimum Gasteiger partial charge on any atom is -0.384 e. The fraction of sp³-hybridized carbons (Fsp3) is 0.312. The van der Waals surface area contributed by atoms with Gasteiger partial charge in [-0.1, -0.05) is 49.3 Å². The van der Waals surface area contributed by atoms with Crippen molar-refractivity contribution in [1.82, 2.24) is 19.9 Å². The highest BCUT2D eigenvalue weighted by Gasteiger charge is 2.14. The van der Waals surface area contributed by atoms with Crippen LogP contribution >= 0.6 is 0 Å². The van der Waals surface area contributed by atoms with Gasteiger partial charge in [0.15, 0.2) is 5.82 Å². The number of aliphatic hydroxyl groups is 1. The van der Waals surface area contributed by atoms with Gasteiger partial charge in [0.25, 0.3) is 0 Å². The lowest BCUT2D eigenvalue weighted by Crippen LogP contribution is -2.01. The molecular formula is C16H18N4O2. The third-order valence-corrected chi connectivity index (χ3v) is 3.38. The second-order valence-electron chi connectivity index (χ2n) is 5.49. The van der Waals surface area contributed by atoms with Crippen molar-refractivity contribution >= 4 is 0 Å². The second-order valence-corrected chi connectivity index (χ2v) is 5.49. The van der Waals surface area contributed by atoms with E-state index in [-0.39, 0.29) is 5.92 Å². The Morgan fingerprint density at radius 1 is 1.18 bits per heavy atom. The van der Waals surface area contributed by atoms with E-state index in [9.17, 15) is 5.11 Å². The van der Waals surface area contributed by atoms with Crippen molar-refractivity contribution in [2.24, 2.45) is 0 Å². The molecule has 0 fully saturated rings. The molecule has 3 aromatic rings. The molecule has 0 bridgehead atoms. The Morgan fingerprint density at radius 3 is 2.64 bits per heavy atom. The first-order valence-corrected chi connectivity index (χ1v) is 7.21. The zero-order chi connectivity index (χ0) is 15.5. The number of aliphatic hydroxyl groups excluding tert-OH is 1. The van der Waals surface area contributed by atoms with Gasteiger partial charge in [0, 0.05) is 17.7 Å². The molecule has 1 aromatic carbocycles. The monoisotopic (exact) mass is 298 g/mol. The van der Waals surface area contributed by atoms with Crippen LogP contribution in [0.15, 0.2) is 47.2 Å². The van der Waals surface area contributed by atoms with Gasteiger partial charge in [0.1, 0.15) is 12.6 Å². The molecule has 1 N–H and O–H groups in total. The van der Waals surface area contributed by atoms with Gasteiger partial charge in [-0.3, -0.25) is 4.68 Å². The van der Waals surface area contributed by atoms with Crippen molar-refractivity contribution in [1.29, 1.82) is 0 Å². The molecule has 114 valence electrons. The summed E-state index contributed by atoms with van der Waals surface area (Å²) in [4.78, 5) is 4.32. The number of aromatic nitrogens is 4. The fourth-order valence-electron chi connectivity index (χ4n) is 2.14. The molecule has 0 saturated heterocycles. The van der Waals surface area contributed by atoms with Crippen LogP contribution in [0, 0.1) is 0 Å². The summed E-state index contributed by atoms with van der Waals surface area (Å²) in [6.45, 7) is 4.41. The van der Waals surface area contributed by atoms with Crippen molar-refractivity contribution in [3.05, 3.63) is 65.6 Å². The minimum atomic E-state index is -0.691. The third-order valence-electron chi connectivity index (χ3n) is 3.38. The molecule has 0 radical (unpaired) electrons. The van der Waals surface area contributed by atoms with E-state index >= 15 is 0 Å². The molecule has 6 heteroatoms. The van der Waals surface area contributed by atoms with Crippen LogP contribution in [0.3, 0.4) is 0 Å². The van der Waals surface area contributed by atoms with Gasteiger partial charge in [-0.25, -0.2) is 0 Å². The highest BCUT2D eigenvalue weighted by atomic mass is 16.5. The maximum absolute atomic E-state index is 10.3. The van der Waals surface area contributed by atoms with Crippen LogP contribution in [0.1, 0.15) is 48.7 Å². The molecule has 0 aliphatic carbocycles. The van der Waals surface area contributed by atoms with Crippen LogP contribution in [0.5, 0.6) is 0 Å². The van der Waals surface area contributed by atoms with Crippen molar-refractivity contribution < 1.29 is 9.63 Å². The van der Waals surface area contributed by atoms with E-state index in [2.05, 4.69) is 15.2 Å². The molecule has 1 atom stereocenters. The molecule has 6 nitrogen and oxygen atoms in total. The Balaban J connectivity index is 1.73. The van der Waals surface area contributed by atoms with Crippen LogP contribution in [0.4, 0.5) is 0 Å². The quantitative estimate of drug-likeness (QED) is 0.783. The molecule has 0 amide bonds. The molecule has 0 aliphatic heterocycles. The van der Waals surface area contributed by atoms with E-state index in [1.807, 2.05) is 44.2 Å². The predicted molar refractivity (Wildman–Crippen MR) is 80.2 cm³/mol. The molecule has 2 heterocycles. The summed E-state index contributed by atoms with van der Waals surface area (Å²) in [5, 5.41) is 18.5. The Kier molecular flexibility index (Phi) is 4.02. The number of nitrogens with zero attached hydrogens (tertiary/aromatic N) is 4. The smallest absolute Gasteiger partial charge is 0.248 e. The number of hydrogen-bond donors (Lipinski definition) is 1. The van der Waals surface area contributed by atoms with Crippen molar-refractivity contribution in [3.63, 3.8) is 0 Å². The number of benzene rings is 1. The van der Waals surface area contributed by atoms with E-state index in [0.29, 0.717) is 18.3 Å². The summed E-state index contributed by atoms with van der Waals surface area (Å²) in [6, 6.07) is 9.48. The average Bonchev–Trinajstić information content (AvgIpc) is 3.17. The van der Waals surface area contributed by atoms with E-state index in [1.165, 1.54) is 0 Å². The van der Waals surface area contributed by atoms with Gasteiger partial charge in [-0.05, 0) is 5.56 Å². The first-order chi connectivity index (χ1) is 10.6. The van der Waals surface area contributed by atoms with Gasteiger partial charge in [0.2, 0.25) is 5.89 Å². The second kappa shape index (κ2) is 6.11. The van der Waals surface area contributed by atoms with Crippen LogP contribution in [0.2, 0.25) is 0 Å². The van der Waals surface area contributed by atoms with Gasteiger partial charge >= 0.3 is 0 Å². The van der Waals surface area contributed by atoms with Crippen LogP contribution < -0.4 is 0 Å². The summed E-state index contributed by atoms with van der Waals surface area (Å²) in [5.74, 6) is 1.42. The lowest BCUT2D eigenvalue weighted by Gasteiger charge is -2.07. The maximum Gasteiger partial charge on any atom is 0.248 e. The lowest BCUT2D eigenvalue weighted by molar-refractivity contribution is 0.220. The van der Waals surface area contributed by atoms with Crippen molar-refractivity contribution in [3.8, 4) is 0 Å². The Bertz CT molecular complexity index is 733. The maximum atomic E-state index is 10.3. The fourth-order valence-corrected chi connectivity index (χ4v) is 2.14. The molecule has 0 spiro atoms. The summed E-state index contributed by atoms with van der Waals surface area (Å²) >= 11 is 0. The number of hydrogen-bond acceptors (Lipinski definition) is 5. The van der Waals surface area contributed by atoms with E-state index in [1.54, 1.807) is 17.1 Å². The highest BCUT2D eigenvalue weighted by molar-refractivity contribution is 5.26. The SMILES string of the molecule is CC(C)c1noc(Cn2cc(C(O)c3ccccc3)cn2)n1. The van der Waals surface area contributed by atoms with Crippen LogP contribution in [-0.4, -0.2) is 25.0 Å². The zero-order valence-electron chi connectivity index (χ0n) is 12.5. The summed E-state index contributed by atoms with van der Waals surface area (Å²) in [6.07, 6.45) is 2.75. The van der Waals surface area contributed by atoms with E-state index in [4.69, 9.17) is 4.52 Å². The van der Waals surface area contributed by atoms with E-state index in [0.717, 1.165) is 11.1 Å². The summed E-state index contributed by atoms with van der Waals surface area (Å²) in [5.41, 5.74) is 1.57. The van der Waals surface area contributed by atoms with Crippen molar-refractivity contribution in [2.75, 3.05) is 0 Å². The molecule has 1 unspecified atom stereocenters. The normalized spacial score (nSPS) is 12.7. The summed E-state index contributed by atoms with van der Waals surface area (Å²) in [7, 11) is 0.